The fraction of sp³-hybridized carbons (Fsp3) is 0.526. The minimum atomic E-state index is -1.27. The molecule has 26 heavy (non-hydrogen) atoms. The van der Waals surface area contributed by atoms with Crippen molar-refractivity contribution in [2.45, 2.75) is 57.7 Å². The van der Waals surface area contributed by atoms with Crippen LogP contribution in [-0.4, -0.2) is 47.1 Å². The molecule has 0 radical (unpaired) electrons. The summed E-state index contributed by atoms with van der Waals surface area (Å²) >= 11 is 0. The zero-order valence-corrected chi connectivity index (χ0v) is 15.4. The summed E-state index contributed by atoms with van der Waals surface area (Å²) in [5.41, 5.74) is 0.150. The van der Waals surface area contributed by atoms with E-state index in [4.69, 9.17) is 4.74 Å². The van der Waals surface area contributed by atoms with E-state index in [1.807, 2.05) is 30.3 Å². The van der Waals surface area contributed by atoms with E-state index in [0.29, 0.717) is 19.4 Å². The van der Waals surface area contributed by atoms with E-state index < -0.39 is 35.7 Å². The Morgan fingerprint density at radius 1 is 1.27 bits per heavy atom. The van der Waals surface area contributed by atoms with Crippen molar-refractivity contribution in [3.8, 4) is 0 Å². The molecule has 2 amide bonds. The maximum Gasteiger partial charge on any atom is 0.408 e. The van der Waals surface area contributed by atoms with Gasteiger partial charge >= 0.3 is 6.09 Å². The van der Waals surface area contributed by atoms with Gasteiger partial charge in [0.05, 0.1) is 12.0 Å². The van der Waals surface area contributed by atoms with Crippen LogP contribution in [0.3, 0.4) is 0 Å². The molecule has 1 heterocycles. The summed E-state index contributed by atoms with van der Waals surface area (Å²) in [6.07, 6.45) is 0.485. The van der Waals surface area contributed by atoms with Gasteiger partial charge in [-0.25, -0.2) is 4.79 Å². The van der Waals surface area contributed by atoms with E-state index in [2.05, 4.69) is 5.32 Å². The predicted molar refractivity (Wildman–Crippen MR) is 93.0 cm³/mol. The summed E-state index contributed by atoms with van der Waals surface area (Å²) in [6, 6.07) is 7.35. The Labute approximate surface area is 153 Å². The van der Waals surface area contributed by atoms with E-state index >= 15 is 0 Å². The quantitative estimate of drug-likeness (QED) is 0.839. The van der Waals surface area contributed by atoms with Crippen molar-refractivity contribution in [2.75, 3.05) is 6.54 Å². The molecule has 7 heteroatoms. The molecule has 1 N–H and O–H groups in total. The molecule has 0 aliphatic carbocycles. The van der Waals surface area contributed by atoms with Gasteiger partial charge in [0.1, 0.15) is 11.6 Å². The average molecular weight is 361 g/mol. The molecule has 1 aromatic carbocycles. The Morgan fingerprint density at radius 2 is 1.92 bits per heavy atom. The Hall–Kier alpha value is -2.57. The molecule has 1 aliphatic heterocycles. The Balaban J connectivity index is 2.17. The highest BCUT2D eigenvalue weighted by atomic mass is 16.6. The van der Waals surface area contributed by atoms with E-state index in [1.165, 1.54) is 4.90 Å². The lowest BCUT2D eigenvalue weighted by Gasteiger charge is -2.30. The second kappa shape index (κ2) is 8.21. The molecule has 1 saturated heterocycles. The van der Waals surface area contributed by atoms with Gasteiger partial charge in [-0.2, -0.15) is 0 Å². The normalized spacial score (nSPS) is 18.3. The second-order valence-corrected chi connectivity index (χ2v) is 7.40. The molecular formula is C19H25N2O5-. The molecule has 0 unspecified atom stereocenters. The fourth-order valence-electron chi connectivity index (χ4n) is 2.98. The summed E-state index contributed by atoms with van der Waals surface area (Å²) in [6.45, 7) is 5.52. The van der Waals surface area contributed by atoms with Crippen molar-refractivity contribution in [3.05, 3.63) is 35.9 Å². The Morgan fingerprint density at radius 3 is 2.50 bits per heavy atom. The van der Waals surface area contributed by atoms with Crippen LogP contribution in [0.2, 0.25) is 0 Å². The first-order valence-corrected chi connectivity index (χ1v) is 8.72. The van der Waals surface area contributed by atoms with Gasteiger partial charge in [-0.05, 0) is 39.2 Å². The molecule has 0 aromatic heterocycles. The zero-order chi connectivity index (χ0) is 19.3. The SMILES string of the molecule is CC(C)(C)OC(=O)N[C@@H](Cc1ccccc1)C(=O)N1CCC[C@H]1C(=O)[O-]. The maximum absolute atomic E-state index is 12.9. The number of aliphatic carboxylic acids is 1. The number of benzene rings is 1. The van der Waals surface area contributed by atoms with Gasteiger partial charge < -0.3 is 24.9 Å². The van der Waals surface area contributed by atoms with Crippen LogP contribution in [0.1, 0.15) is 39.2 Å². The monoisotopic (exact) mass is 361 g/mol. The van der Waals surface area contributed by atoms with Gasteiger partial charge in [0, 0.05) is 13.0 Å². The average Bonchev–Trinajstić information content (AvgIpc) is 3.02. The minimum Gasteiger partial charge on any atom is -0.548 e. The summed E-state index contributed by atoms with van der Waals surface area (Å²) in [4.78, 5) is 37.7. The molecule has 142 valence electrons. The van der Waals surface area contributed by atoms with Crippen LogP contribution in [-0.2, 0) is 20.7 Å². The number of hydrogen-bond acceptors (Lipinski definition) is 5. The largest absolute Gasteiger partial charge is 0.548 e. The number of carboxylic acids is 1. The lowest BCUT2D eigenvalue weighted by atomic mass is 10.0. The molecule has 0 bridgehead atoms. The highest BCUT2D eigenvalue weighted by Crippen LogP contribution is 2.19. The highest BCUT2D eigenvalue weighted by molar-refractivity contribution is 5.89. The third kappa shape index (κ3) is 5.47. The number of nitrogens with zero attached hydrogens (tertiary/aromatic N) is 1. The van der Waals surface area contributed by atoms with Gasteiger partial charge in [-0.1, -0.05) is 30.3 Å². The first-order chi connectivity index (χ1) is 12.2. The molecule has 0 spiro atoms. The molecule has 2 rings (SSSR count). The van der Waals surface area contributed by atoms with Gasteiger partial charge in [0.2, 0.25) is 5.91 Å². The third-order valence-corrected chi connectivity index (χ3v) is 4.08. The number of nitrogens with one attached hydrogen (secondary N) is 1. The molecular weight excluding hydrogens is 336 g/mol. The smallest absolute Gasteiger partial charge is 0.408 e. The fourth-order valence-corrected chi connectivity index (χ4v) is 2.98. The maximum atomic E-state index is 12.9. The van der Waals surface area contributed by atoms with Crippen LogP contribution in [0.4, 0.5) is 4.79 Å². The number of amides is 2. The van der Waals surface area contributed by atoms with Crippen molar-refractivity contribution in [2.24, 2.45) is 0 Å². The molecule has 7 nitrogen and oxygen atoms in total. The predicted octanol–water partition coefficient (Wildman–Crippen LogP) is 0.863. The van der Waals surface area contributed by atoms with Crippen molar-refractivity contribution in [1.29, 1.82) is 0 Å². The number of hydrogen-bond donors (Lipinski definition) is 1. The third-order valence-electron chi connectivity index (χ3n) is 4.08. The molecule has 1 fully saturated rings. The van der Waals surface area contributed by atoms with Crippen molar-refractivity contribution in [3.63, 3.8) is 0 Å². The van der Waals surface area contributed by atoms with Gasteiger partial charge in [-0.3, -0.25) is 4.79 Å². The number of carbonyl (C=O) groups is 3. The lowest BCUT2D eigenvalue weighted by Crippen LogP contribution is -2.55. The Kier molecular flexibility index (Phi) is 6.23. The molecule has 1 aromatic rings. The lowest BCUT2D eigenvalue weighted by molar-refractivity contribution is -0.310. The molecule has 1 aliphatic rings. The Bertz CT molecular complexity index is 654. The standard InChI is InChI=1S/C19H26N2O5/c1-19(2,3)26-18(25)20-14(12-13-8-5-4-6-9-13)16(22)21-11-7-10-15(21)17(23)24/h4-6,8-9,14-15H,7,10-12H2,1-3H3,(H,20,25)(H,23,24)/p-1/t14-,15-/m0/s1. The molecule has 2 atom stereocenters. The van der Waals surface area contributed by atoms with Crippen LogP contribution in [0, 0.1) is 0 Å². The van der Waals surface area contributed by atoms with E-state index in [1.54, 1.807) is 20.8 Å². The summed E-state index contributed by atoms with van der Waals surface area (Å²) < 4.78 is 5.24. The van der Waals surface area contributed by atoms with Gasteiger partial charge in [-0.15, -0.1) is 0 Å². The number of carboxylic acid groups (broad SMARTS) is 1. The summed E-state index contributed by atoms with van der Waals surface area (Å²) in [7, 11) is 0. The topological polar surface area (TPSA) is 98.8 Å². The summed E-state index contributed by atoms with van der Waals surface area (Å²) in [5.74, 6) is -1.71. The first-order valence-electron chi connectivity index (χ1n) is 8.72. The van der Waals surface area contributed by atoms with E-state index in [9.17, 15) is 19.5 Å². The van der Waals surface area contributed by atoms with Crippen molar-refractivity contribution >= 4 is 18.0 Å². The zero-order valence-electron chi connectivity index (χ0n) is 15.4. The first kappa shape index (κ1) is 19.8. The van der Waals surface area contributed by atoms with E-state index in [0.717, 1.165) is 5.56 Å². The number of alkyl carbamates (subject to hydrolysis) is 1. The number of rotatable bonds is 5. The highest BCUT2D eigenvalue weighted by Gasteiger charge is 2.35. The van der Waals surface area contributed by atoms with Crippen LogP contribution in [0.25, 0.3) is 0 Å². The van der Waals surface area contributed by atoms with Crippen LogP contribution in [0.5, 0.6) is 0 Å². The van der Waals surface area contributed by atoms with Crippen molar-refractivity contribution in [1.82, 2.24) is 10.2 Å². The number of likely N-dealkylation sites (tertiary alicyclic amines) is 1. The number of ether oxygens (including phenoxy) is 1. The minimum absolute atomic E-state index is 0.245. The van der Waals surface area contributed by atoms with Crippen molar-refractivity contribution < 1.29 is 24.2 Å². The van der Waals surface area contributed by atoms with Gasteiger partial charge in [0.15, 0.2) is 0 Å². The summed E-state index contributed by atoms with van der Waals surface area (Å²) in [5, 5.41) is 13.9. The van der Waals surface area contributed by atoms with Gasteiger partial charge in [0.25, 0.3) is 0 Å². The van der Waals surface area contributed by atoms with Crippen LogP contribution >= 0.6 is 0 Å². The second-order valence-electron chi connectivity index (χ2n) is 7.40. The van der Waals surface area contributed by atoms with Crippen LogP contribution < -0.4 is 10.4 Å². The van der Waals surface area contributed by atoms with Crippen LogP contribution in [0.15, 0.2) is 30.3 Å². The number of carbonyl (C=O) groups excluding carboxylic acids is 3. The van der Waals surface area contributed by atoms with E-state index in [-0.39, 0.29) is 6.42 Å². The molecule has 0 saturated carbocycles.